The van der Waals surface area contributed by atoms with Crippen LogP contribution in [0.4, 0.5) is 5.69 Å². The minimum absolute atomic E-state index is 0.0650. The highest BCUT2D eigenvalue weighted by Crippen LogP contribution is 2.28. The van der Waals surface area contributed by atoms with E-state index in [4.69, 9.17) is 10.00 Å². The molecule has 0 aliphatic heterocycles. The Balaban J connectivity index is 2.96. The van der Waals surface area contributed by atoms with Gasteiger partial charge in [-0.1, -0.05) is 6.07 Å². The summed E-state index contributed by atoms with van der Waals surface area (Å²) >= 11 is 0. The quantitative estimate of drug-likeness (QED) is 0.577. The summed E-state index contributed by atoms with van der Waals surface area (Å²) in [5.74, 6) is 0.207. The zero-order chi connectivity index (χ0) is 12.1. The number of hydrogen-bond donors (Lipinski definition) is 0. The summed E-state index contributed by atoms with van der Waals surface area (Å²) in [5, 5.41) is 19.2. The number of rotatable bonds is 4. The molecule has 0 aliphatic rings. The van der Waals surface area contributed by atoms with Crippen molar-refractivity contribution in [2.45, 2.75) is 26.4 Å². The number of benzene rings is 1. The third kappa shape index (κ3) is 2.95. The van der Waals surface area contributed by atoms with Crippen LogP contribution in [0.25, 0.3) is 0 Å². The maximum Gasteiger partial charge on any atom is 0.311 e. The lowest BCUT2D eigenvalue weighted by Crippen LogP contribution is -2.11. The van der Waals surface area contributed by atoms with Crippen molar-refractivity contribution in [1.82, 2.24) is 0 Å². The fourth-order valence-electron chi connectivity index (χ4n) is 1.26. The van der Waals surface area contributed by atoms with Crippen LogP contribution < -0.4 is 4.74 Å². The van der Waals surface area contributed by atoms with Gasteiger partial charge in [0.1, 0.15) is 6.10 Å². The van der Waals surface area contributed by atoms with Crippen LogP contribution in [0, 0.1) is 28.4 Å². The van der Waals surface area contributed by atoms with Gasteiger partial charge in [-0.25, -0.2) is 0 Å². The minimum Gasteiger partial charge on any atom is -0.483 e. The maximum absolute atomic E-state index is 10.8. The Hall–Kier alpha value is -2.09. The van der Waals surface area contributed by atoms with Gasteiger partial charge in [0.2, 0.25) is 0 Å². The third-order valence-corrected chi connectivity index (χ3v) is 2.02. The standard InChI is InChI=1S/C11H12N2O3/c1-8-3-4-11(10(7-8)13(14)15)16-9(2)5-6-12/h3-4,7,9H,5H2,1-2H3. The predicted octanol–water partition coefficient (Wildman–Crippen LogP) is 2.58. The van der Waals surface area contributed by atoms with E-state index in [1.165, 1.54) is 6.07 Å². The van der Waals surface area contributed by atoms with Crippen LogP contribution in [0.2, 0.25) is 0 Å². The summed E-state index contributed by atoms with van der Waals surface area (Å²) in [5.41, 5.74) is 0.733. The van der Waals surface area contributed by atoms with Gasteiger partial charge < -0.3 is 4.74 Å². The van der Waals surface area contributed by atoms with Crippen molar-refractivity contribution in [3.05, 3.63) is 33.9 Å². The molecule has 16 heavy (non-hydrogen) atoms. The van der Waals surface area contributed by atoms with Gasteiger partial charge in [0.05, 0.1) is 17.4 Å². The second-order valence-electron chi connectivity index (χ2n) is 3.52. The number of nitro benzene ring substituents is 1. The largest absolute Gasteiger partial charge is 0.483 e. The molecule has 0 saturated heterocycles. The average Bonchev–Trinajstić information content (AvgIpc) is 2.20. The summed E-state index contributed by atoms with van der Waals surface area (Å²) in [6, 6.07) is 6.70. The molecule has 0 amide bonds. The van der Waals surface area contributed by atoms with E-state index < -0.39 is 4.92 Å². The second-order valence-corrected chi connectivity index (χ2v) is 3.52. The van der Waals surface area contributed by atoms with Gasteiger partial charge in [-0.3, -0.25) is 10.1 Å². The topological polar surface area (TPSA) is 76.2 Å². The van der Waals surface area contributed by atoms with Crippen molar-refractivity contribution >= 4 is 5.69 Å². The van der Waals surface area contributed by atoms with Crippen LogP contribution in [0.1, 0.15) is 18.9 Å². The predicted molar refractivity (Wildman–Crippen MR) is 58.2 cm³/mol. The molecule has 1 aromatic carbocycles. The van der Waals surface area contributed by atoms with Crippen LogP contribution in [-0.4, -0.2) is 11.0 Å². The van der Waals surface area contributed by atoms with E-state index in [0.717, 1.165) is 5.56 Å². The Morgan fingerprint density at radius 1 is 1.62 bits per heavy atom. The van der Waals surface area contributed by atoms with Crippen molar-refractivity contribution in [2.24, 2.45) is 0 Å². The first-order valence-corrected chi connectivity index (χ1v) is 4.83. The Kier molecular flexibility index (Phi) is 3.84. The summed E-state index contributed by atoms with van der Waals surface area (Å²) in [6.07, 6.45) is -0.156. The molecule has 0 heterocycles. The highest BCUT2D eigenvalue weighted by molar-refractivity contribution is 5.48. The fraction of sp³-hybridized carbons (Fsp3) is 0.364. The van der Waals surface area contributed by atoms with E-state index in [1.54, 1.807) is 26.0 Å². The Labute approximate surface area is 93.4 Å². The van der Waals surface area contributed by atoms with E-state index in [-0.39, 0.29) is 24.0 Å². The smallest absolute Gasteiger partial charge is 0.311 e. The highest BCUT2D eigenvalue weighted by Gasteiger charge is 2.17. The Bertz CT molecular complexity index is 437. The number of hydrogen-bond acceptors (Lipinski definition) is 4. The van der Waals surface area contributed by atoms with Crippen LogP contribution >= 0.6 is 0 Å². The molecular weight excluding hydrogens is 208 g/mol. The zero-order valence-electron chi connectivity index (χ0n) is 9.14. The molecule has 1 unspecified atom stereocenters. The Morgan fingerprint density at radius 3 is 2.88 bits per heavy atom. The first-order valence-electron chi connectivity index (χ1n) is 4.83. The number of nitro groups is 1. The van der Waals surface area contributed by atoms with Gasteiger partial charge in [0, 0.05) is 6.07 Å². The zero-order valence-corrected chi connectivity index (χ0v) is 9.14. The van der Waals surface area contributed by atoms with Crippen LogP contribution in [0.3, 0.4) is 0 Å². The number of nitriles is 1. The molecule has 5 nitrogen and oxygen atoms in total. The first kappa shape index (κ1) is 12.0. The van der Waals surface area contributed by atoms with E-state index in [2.05, 4.69) is 0 Å². The van der Waals surface area contributed by atoms with Crippen LogP contribution in [0.5, 0.6) is 5.75 Å². The van der Waals surface area contributed by atoms with Crippen molar-refractivity contribution in [2.75, 3.05) is 0 Å². The molecule has 0 fully saturated rings. The molecule has 1 atom stereocenters. The van der Waals surface area contributed by atoms with Gasteiger partial charge in [-0.05, 0) is 25.5 Å². The molecular formula is C11H12N2O3. The van der Waals surface area contributed by atoms with Crippen LogP contribution in [-0.2, 0) is 0 Å². The fourth-order valence-corrected chi connectivity index (χ4v) is 1.26. The molecule has 0 spiro atoms. The maximum atomic E-state index is 10.8. The summed E-state index contributed by atoms with van der Waals surface area (Å²) in [4.78, 5) is 10.3. The van der Waals surface area contributed by atoms with Gasteiger partial charge in [-0.15, -0.1) is 0 Å². The molecule has 0 N–H and O–H groups in total. The lowest BCUT2D eigenvalue weighted by atomic mass is 10.2. The van der Waals surface area contributed by atoms with E-state index in [9.17, 15) is 10.1 Å². The molecule has 0 aromatic heterocycles. The van der Waals surface area contributed by atoms with Gasteiger partial charge in [0.15, 0.2) is 5.75 Å². The molecule has 5 heteroatoms. The number of ether oxygens (including phenoxy) is 1. The second kappa shape index (κ2) is 5.12. The van der Waals surface area contributed by atoms with Crippen molar-refractivity contribution in [3.8, 4) is 11.8 Å². The van der Waals surface area contributed by atoms with Crippen molar-refractivity contribution < 1.29 is 9.66 Å². The highest BCUT2D eigenvalue weighted by atomic mass is 16.6. The SMILES string of the molecule is Cc1ccc(OC(C)CC#N)c([N+](=O)[O-])c1. The summed E-state index contributed by atoms with van der Waals surface area (Å²) < 4.78 is 5.34. The molecule has 0 aliphatic carbocycles. The van der Waals surface area contributed by atoms with Gasteiger partial charge in [0.25, 0.3) is 0 Å². The van der Waals surface area contributed by atoms with E-state index in [1.807, 2.05) is 6.07 Å². The Morgan fingerprint density at radius 2 is 2.31 bits per heavy atom. The molecule has 1 rings (SSSR count). The number of nitrogens with zero attached hydrogens (tertiary/aromatic N) is 2. The molecule has 0 saturated carbocycles. The average molecular weight is 220 g/mol. The lowest BCUT2D eigenvalue weighted by Gasteiger charge is -2.11. The van der Waals surface area contributed by atoms with Crippen molar-refractivity contribution in [3.63, 3.8) is 0 Å². The van der Waals surface area contributed by atoms with E-state index >= 15 is 0 Å². The lowest BCUT2D eigenvalue weighted by molar-refractivity contribution is -0.386. The first-order chi connectivity index (χ1) is 7.54. The van der Waals surface area contributed by atoms with Crippen molar-refractivity contribution in [1.29, 1.82) is 5.26 Å². The molecule has 1 aromatic rings. The third-order valence-electron chi connectivity index (χ3n) is 2.02. The van der Waals surface area contributed by atoms with Crippen LogP contribution in [0.15, 0.2) is 18.2 Å². The summed E-state index contributed by atoms with van der Waals surface area (Å²) in [6.45, 7) is 3.47. The normalized spacial score (nSPS) is 11.6. The molecule has 0 bridgehead atoms. The number of aryl methyl sites for hydroxylation is 1. The molecule has 0 radical (unpaired) electrons. The van der Waals surface area contributed by atoms with Gasteiger partial charge in [-0.2, -0.15) is 5.26 Å². The minimum atomic E-state index is -0.485. The van der Waals surface area contributed by atoms with Gasteiger partial charge >= 0.3 is 5.69 Å². The molecule has 84 valence electrons. The monoisotopic (exact) mass is 220 g/mol. The van der Waals surface area contributed by atoms with E-state index in [0.29, 0.717) is 0 Å². The summed E-state index contributed by atoms with van der Waals surface area (Å²) in [7, 11) is 0.